The summed E-state index contributed by atoms with van der Waals surface area (Å²) in [6, 6.07) is 23.0. The molecule has 0 atom stereocenters. The molecule has 1 heterocycles. The summed E-state index contributed by atoms with van der Waals surface area (Å²) in [5, 5.41) is 5.41. The second kappa shape index (κ2) is 9.77. The van der Waals surface area contributed by atoms with Gasteiger partial charge in [-0.2, -0.15) is 0 Å². The first-order chi connectivity index (χ1) is 14.7. The standard InChI is InChI=1S/C26H30N2O2/c1-20-6-8-21(9-7-20)19-28-15-12-23(13-16-28)26(29)27-14-17-30-25-11-10-22-4-2-3-5-24(22)18-25/h2-11,18,23H,12-17,19H2,1H3,(H,27,29). The zero-order valence-electron chi connectivity index (χ0n) is 17.6. The predicted octanol–water partition coefficient (Wildman–Crippen LogP) is 4.56. The molecule has 156 valence electrons. The molecule has 0 aliphatic carbocycles. The third kappa shape index (κ3) is 5.39. The van der Waals surface area contributed by atoms with Crippen molar-refractivity contribution < 1.29 is 9.53 Å². The van der Waals surface area contributed by atoms with Crippen molar-refractivity contribution in [1.29, 1.82) is 0 Å². The third-order valence-corrected chi connectivity index (χ3v) is 5.88. The first-order valence-electron chi connectivity index (χ1n) is 10.8. The van der Waals surface area contributed by atoms with E-state index < -0.39 is 0 Å². The van der Waals surface area contributed by atoms with Crippen LogP contribution in [0.15, 0.2) is 66.7 Å². The molecule has 1 saturated heterocycles. The van der Waals surface area contributed by atoms with Gasteiger partial charge in [0.15, 0.2) is 0 Å². The van der Waals surface area contributed by atoms with Crippen LogP contribution >= 0.6 is 0 Å². The highest BCUT2D eigenvalue weighted by Crippen LogP contribution is 2.21. The molecule has 0 aromatic heterocycles. The van der Waals surface area contributed by atoms with Gasteiger partial charge in [-0.15, -0.1) is 0 Å². The number of rotatable bonds is 7. The fraction of sp³-hybridized carbons (Fsp3) is 0.346. The highest BCUT2D eigenvalue weighted by atomic mass is 16.5. The molecule has 4 nitrogen and oxygen atoms in total. The summed E-state index contributed by atoms with van der Waals surface area (Å²) in [4.78, 5) is 14.9. The van der Waals surface area contributed by atoms with Crippen LogP contribution in [-0.4, -0.2) is 37.0 Å². The van der Waals surface area contributed by atoms with Crippen molar-refractivity contribution >= 4 is 16.7 Å². The number of carbonyl (C=O) groups is 1. The van der Waals surface area contributed by atoms with Gasteiger partial charge < -0.3 is 10.1 Å². The van der Waals surface area contributed by atoms with Gasteiger partial charge in [-0.25, -0.2) is 0 Å². The molecule has 1 aliphatic heterocycles. The fourth-order valence-electron chi connectivity index (χ4n) is 4.05. The normalized spacial score (nSPS) is 15.2. The molecule has 1 aliphatic rings. The Morgan fingerprint density at radius 1 is 1.00 bits per heavy atom. The van der Waals surface area contributed by atoms with E-state index in [1.165, 1.54) is 16.5 Å². The second-order valence-corrected chi connectivity index (χ2v) is 8.18. The molecule has 30 heavy (non-hydrogen) atoms. The van der Waals surface area contributed by atoms with Gasteiger partial charge in [-0.05, 0) is 61.3 Å². The molecule has 1 amide bonds. The lowest BCUT2D eigenvalue weighted by Gasteiger charge is -2.31. The number of nitrogens with zero attached hydrogens (tertiary/aromatic N) is 1. The van der Waals surface area contributed by atoms with Crippen LogP contribution in [0.2, 0.25) is 0 Å². The topological polar surface area (TPSA) is 41.6 Å². The van der Waals surface area contributed by atoms with Crippen molar-refractivity contribution in [2.75, 3.05) is 26.2 Å². The minimum absolute atomic E-state index is 0.111. The Labute approximate surface area is 178 Å². The minimum Gasteiger partial charge on any atom is -0.492 e. The molecular weight excluding hydrogens is 372 g/mol. The first kappa shape index (κ1) is 20.4. The fourth-order valence-corrected chi connectivity index (χ4v) is 4.05. The van der Waals surface area contributed by atoms with Crippen LogP contribution in [0.4, 0.5) is 0 Å². The van der Waals surface area contributed by atoms with Gasteiger partial charge in [-0.3, -0.25) is 9.69 Å². The number of likely N-dealkylation sites (tertiary alicyclic amines) is 1. The summed E-state index contributed by atoms with van der Waals surface area (Å²) < 4.78 is 5.82. The van der Waals surface area contributed by atoms with E-state index in [1.807, 2.05) is 24.3 Å². The van der Waals surface area contributed by atoms with Crippen LogP contribution in [-0.2, 0) is 11.3 Å². The van der Waals surface area contributed by atoms with Crippen molar-refractivity contribution in [1.82, 2.24) is 10.2 Å². The van der Waals surface area contributed by atoms with Crippen molar-refractivity contribution in [2.45, 2.75) is 26.3 Å². The van der Waals surface area contributed by atoms with E-state index >= 15 is 0 Å². The van der Waals surface area contributed by atoms with Gasteiger partial charge in [0.2, 0.25) is 5.91 Å². The summed E-state index contributed by atoms with van der Waals surface area (Å²) in [7, 11) is 0. The maximum Gasteiger partial charge on any atom is 0.223 e. The summed E-state index contributed by atoms with van der Waals surface area (Å²) in [5.74, 6) is 1.11. The largest absolute Gasteiger partial charge is 0.492 e. The quantitative estimate of drug-likeness (QED) is 0.589. The number of benzene rings is 3. The SMILES string of the molecule is Cc1ccc(CN2CCC(C(=O)NCCOc3ccc4ccccc4c3)CC2)cc1. The smallest absolute Gasteiger partial charge is 0.223 e. The Kier molecular flexibility index (Phi) is 6.65. The highest BCUT2D eigenvalue weighted by Gasteiger charge is 2.24. The summed E-state index contributed by atoms with van der Waals surface area (Å²) in [6.07, 6.45) is 1.84. The molecule has 0 bridgehead atoms. The minimum atomic E-state index is 0.111. The monoisotopic (exact) mass is 402 g/mol. The maximum atomic E-state index is 12.5. The number of ether oxygens (including phenoxy) is 1. The van der Waals surface area contributed by atoms with Gasteiger partial charge in [0, 0.05) is 12.5 Å². The van der Waals surface area contributed by atoms with Gasteiger partial charge in [0.05, 0.1) is 6.54 Å². The van der Waals surface area contributed by atoms with E-state index in [2.05, 4.69) is 59.6 Å². The molecular formula is C26H30N2O2. The molecule has 0 spiro atoms. The molecule has 1 fully saturated rings. The van der Waals surface area contributed by atoms with Crippen LogP contribution in [0, 0.1) is 12.8 Å². The molecule has 0 saturated carbocycles. The number of hydrogen-bond donors (Lipinski definition) is 1. The lowest BCUT2D eigenvalue weighted by molar-refractivity contribution is -0.126. The van der Waals surface area contributed by atoms with Crippen molar-refractivity contribution in [3.63, 3.8) is 0 Å². The maximum absolute atomic E-state index is 12.5. The van der Waals surface area contributed by atoms with Crippen LogP contribution in [0.5, 0.6) is 5.75 Å². The Morgan fingerprint density at radius 2 is 1.73 bits per heavy atom. The third-order valence-electron chi connectivity index (χ3n) is 5.88. The van der Waals surface area contributed by atoms with E-state index in [-0.39, 0.29) is 11.8 Å². The van der Waals surface area contributed by atoms with Crippen LogP contribution in [0.3, 0.4) is 0 Å². The Morgan fingerprint density at radius 3 is 2.50 bits per heavy atom. The number of nitrogens with one attached hydrogen (secondary N) is 1. The summed E-state index contributed by atoms with van der Waals surface area (Å²) in [5.41, 5.74) is 2.63. The number of fused-ring (bicyclic) bond motifs is 1. The first-order valence-corrected chi connectivity index (χ1v) is 10.8. The van der Waals surface area contributed by atoms with Gasteiger partial charge in [0.25, 0.3) is 0 Å². The molecule has 3 aromatic rings. The summed E-state index contributed by atoms with van der Waals surface area (Å²) >= 11 is 0. The van der Waals surface area contributed by atoms with Crippen LogP contribution < -0.4 is 10.1 Å². The highest BCUT2D eigenvalue weighted by molar-refractivity contribution is 5.83. The number of carbonyl (C=O) groups excluding carboxylic acids is 1. The zero-order chi connectivity index (χ0) is 20.8. The molecule has 4 rings (SSSR count). The molecule has 4 heteroatoms. The van der Waals surface area contributed by atoms with Crippen LogP contribution in [0.25, 0.3) is 10.8 Å². The predicted molar refractivity (Wildman–Crippen MR) is 122 cm³/mol. The van der Waals surface area contributed by atoms with Crippen molar-refractivity contribution in [3.8, 4) is 5.75 Å². The average Bonchev–Trinajstić information content (AvgIpc) is 2.78. The van der Waals surface area contributed by atoms with E-state index in [0.717, 1.165) is 43.6 Å². The van der Waals surface area contributed by atoms with Crippen molar-refractivity contribution in [2.24, 2.45) is 5.92 Å². The van der Waals surface area contributed by atoms with Crippen LogP contribution in [0.1, 0.15) is 24.0 Å². The van der Waals surface area contributed by atoms with E-state index in [1.54, 1.807) is 0 Å². The second-order valence-electron chi connectivity index (χ2n) is 8.18. The zero-order valence-corrected chi connectivity index (χ0v) is 17.6. The van der Waals surface area contributed by atoms with Gasteiger partial charge >= 0.3 is 0 Å². The number of piperidine rings is 1. The van der Waals surface area contributed by atoms with E-state index in [4.69, 9.17) is 4.74 Å². The van der Waals surface area contributed by atoms with E-state index in [0.29, 0.717) is 13.2 Å². The molecule has 3 aromatic carbocycles. The van der Waals surface area contributed by atoms with Gasteiger partial charge in [-0.1, -0.05) is 60.2 Å². The van der Waals surface area contributed by atoms with E-state index in [9.17, 15) is 4.79 Å². The molecule has 0 radical (unpaired) electrons. The molecule has 1 N–H and O–H groups in total. The lowest BCUT2D eigenvalue weighted by Crippen LogP contribution is -2.41. The Bertz CT molecular complexity index is 976. The molecule has 0 unspecified atom stereocenters. The Hall–Kier alpha value is -2.85. The van der Waals surface area contributed by atoms with Gasteiger partial charge in [0.1, 0.15) is 12.4 Å². The number of aryl methyl sites for hydroxylation is 1. The lowest BCUT2D eigenvalue weighted by atomic mass is 9.95. The number of hydrogen-bond acceptors (Lipinski definition) is 3. The number of amides is 1. The summed E-state index contributed by atoms with van der Waals surface area (Å²) in [6.45, 7) is 6.04. The Balaban J connectivity index is 1.16. The average molecular weight is 403 g/mol. The van der Waals surface area contributed by atoms with Crippen molar-refractivity contribution in [3.05, 3.63) is 77.9 Å².